The molecule has 9 heteroatoms. The van der Waals surface area contributed by atoms with Crippen LogP contribution in [0.25, 0.3) is 0 Å². The fourth-order valence-electron chi connectivity index (χ4n) is 3.41. The predicted molar refractivity (Wildman–Crippen MR) is 99.8 cm³/mol. The Hall–Kier alpha value is -3.20. The maximum Gasteiger partial charge on any atom is 0.270 e. The van der Waals surface area contributed by atoms with Crippen molar-refractivity contribution in [3.05, 3.63) is 64.1 Å². The number of nitro benzene ring substituents is 1. The average Bonchev–Trinajstić information content (AvgIpc) is 3.41. The lowest BCUT2D eigenvalue weighted by atomic mass is 10.2. The van der Waals surface area contributed by atoms with Crippen molar-refractivity contribution in [2.45, 2.75) is 18.9 Å². The zero-order valence-corrected chi connectivity index (χ0v) is 15.3. The molecular formula is C19H23N4O5+. The number of amides is 2. The number of carbonyl (C=O) groups excluding carboxylic acids is 2. The summed E-state index contributed by atoms with van der Waals surface area (Å²) in [6.45, 7) is 2.27. The van der Waals surface area contributed by atoms with E-state index in [1.165, 1.54) is 29.2 Å². The quantitative estimate of drug-likeness (QED) is 0.449. The van der Waals surface area contributed by atoms with Gasteiger partial charge in [-0.1, -0.05) is 6.07 Å². The highest BCUT2D eigenvalue weighted by Gasteiger charge is 2.29. The van der Waals surface area contributed by atoms with Crippen LogP contribution in [0.15, 0.2) is 47.1 Å². The normalized spacial score (nSPS) is 15.1. The van der Waals surface area contributed by atoms with Crippen molar-refractivity contribution in [1.29, 1.82) is 0 Å². The third-order valence-corrected chi connectivity index (χ3v) is 4.86. The van der Waals surface area contributed by atoms with Crippen LogP contribution in [0.5, 0.6) is 0 Å². The third kappa shape index (κ3) is 4.95. The molecule has 148 valence electrons. The van der Waals surface area contributed by atoms with Gasteiger partial charge in [-0.15, -0.1) is 0 Å². The van der Waals surface area contributed by atoms with Gasteiger partial charge in [0.15, 0.2) is 11.8 Å². The summed E-state index contributed by atoms with van der Waals surface area (Å²) in [5.74, 6) is -0.0293. The van der Waals surface area contributed by atoms with Gasteiger partial charge in [0.25, 0.3) is 11.6 Å². The molecule has 0 unspecified atom stereocenters. The maximum absolute atomic E-state index is 12.2. The van der Waals surface area contributed by atoms with Crippen LogP contribution < -0.4 is 15.5 Å². The number of nitrogens with one attached hydrogen (secondary N) is 3. The van der Waals surface area contributed by atoms with Crippen molar-refractivity contribution >= 4 is 17.5 Å². The lowest BCUT2D eigenvalue weighted by Gasteiger charge is -2.23. The fraction of sp³-hybridized carbons (Fsp3) is 0.368. The Bertz CT molecular complexity index is 831. The molecule has 9 nitrogen and oxygen atoms in total. The number of furan rings is 1. The van der Waals surface area contributed by atoms with E-state index in [0.29, 0.717) is 6.54 Å². The molecule has 0 spiro atoms. The molecule has 3 rings (SSSR count). The van der Waals surface area contributed by atoms with Crippen LogP contribution in [0.2, 0.25) is 0 Å². The SMILES string of the molecule is O=C(CNC(=O)c1cccc([N+](=O)[O-])c1)NC[C@H](c1ccco1)[NH+]1CCCC1. The highest BCUT2D eigenvalue weighted by molar-refractivity contribution is 5.96. The standard InChI is InChI=1S/C19H22N4O5/c24-18(13-21-19(25)14-5-3-6-15(11-14)23(26)27)20-12-16(17-7-4-10-28-17)22-8-1-2-9-22/h3-7,10-11,16H,1-2,8-9,12-13H2,(H,20,24)(H,21,25)/p+1/t16-/m1/s1. The first-order chi connectivity index (χ1) is 13.5. The number of likely N-dealkylation sites (tertiary alicyclic amines) is 1. The molecule has 3 N–H and O–H groups in total. The Morgan fingerprint density at radius 1 is 1.18 bits per heavy atom. The van der Waals surface area contributed by atoms with Gasteiger partial charge >= 0.3 is 0 Å². The molecule has 1 aromatic heterocycles. The molecule has 1 atom stereocenters. The van der Waals surface area contributed by atoms with Crippen LogP contribution in [0.4, 0.5) is 5.69 Å². The van der Waals surface area contributed by atoms with E-state index in [-0.39, 0.29) is 29.7 Å². The van der Waals surface area contributed by atoms with Crippen molar-refractivity contribution in [3.8, 4) is 0 Å². The molecule has 1 fully saturated rings. The van der Waals surface area contributed by atoms with Crippen LogP contribution in [-0.2, 0) is 4.79 Å². The van der Waals surface area contributed by atoms with Crippen LogP contribution >= 0.6 is 0 Å². The molecular weight excluding hydrogens is 364 g/mol. The summed E-state index contributed by atoms with van der Waals surface area (Å²) in [5.41, 5.74) is -0.0380. The van der Waals surface area contributed by atoms with Crippen LogP contribution in [-0.4, -0.2) is 42.9 Å². The molecule has 0 radical (unpaired) electrons. The van der Waals surface area contributed by atoms with Gasteiger partial charge in [-0.05, 0) is 18.2 Å². The smallest absolute Gasteiger partial charge is 0.270 e. The van der Waals surface area contributed by atoms with Crippen LogP contribution in [0.1, 0.15) is 35.0 Å². The van der Waals surface area contributed by atoms with Gasteiger partial charge in [0, 0.05) is 30.5 Å². The molecule has 28 heavy (non-hydrogen) atoms. The van der Waals surface area contributed by atoms with E-state index in [9.17, 15) is 19.7 Å². The monoisotopic (exact) mass is 387 g/mol. The number of nitro groups is 1. The number of non-ortho nitro benzene ring substituents is 1. The van der Waals surface area contributed by atoms with Gasteiger partial charge in [-0.25, -0.2) is 0 Å². The first kappa shape index (κ1) is 19.6. The van der Waals surface area contributed by atoms with Crippen molar-refractivity contribution in [2.75, 3.05) is 26.2 Å². The Morgan fingerprint density at radius 3 is 2.64 bits per heavy atom. The van der Waals surface area contributed by atoms with Crippen molar-refractivity contribution in [1.82, 2.24) is 10.6 Å². The lowest BCUT2D eigenvalue weighted by molar-refractivity contribution is -0.919. The van der Waals surface area contributed by atoms with Gasteiger partial charge in [0.1, 0.15) is 0 Å². The molecule has 2 amide bonds. The summed E-state index contributed by atoms with van der Waals surface area (Å²) in [5, 5.41) is 16.1. The number of nitrogens with zero attached hydrogens (tertiary/aromatic N) is 1. The van der Waals surface area contributed by atoms with Gasteiger partial charge in [0.2, 0.25) is 5.91 Å². The van der Waals surface area contributed by atoms with Crippen molar-refractivity contribution in [2.24, 2.45) is 0 Å². The number of hydrogen-bond acceptors (Lipinski definition) is 5. The topological polar surface area (TPSA) is 119 Å². The summed E-state index contributed by atoms with van der Waals surface area (Å²) in [4.78, 5) is 35.9. The summed E-state index contributed by atoms with van der Waals surface area (Å²) < 4.78 is 5.53. The molecule has 2 aromatic rings. The average molecular weight is 387 g/mol. The number of benzene rings is 1. The molecule has 1 aliphatic heterocycles. The lowest BCUT2D eigenvalue weighted by Crippen LogP contribution is -3.11. The minimum absolute atomic E-state index is 0.0360. The Morgan fingerprint density at radius 2 is 1.96 bits per heavy atom. The summed E-state index contributed by atoms with van der Waals surface area (Å²) in [6.07, 6.45) is 3.93. The number of carbonyl (C=O) groups is 2. The van der Waals surface area contributed by atoms with Gasteiger partial charge in [0.05, 0.1) is 37.4 Å². The van der Waals surface area contributed by atoms with Crippen molar-refractivity contribution in [3.63, 3.8) is 0 Å². The first-order valence-electron chi connectivity index (χ1n) is 9.22. The zero-order valence-electron chi connectivity index (χ0n) is 15.3. The van der Waals surface area contributed by atoms with Gasteiger partial charge < -0.3 is 20.0 Å². The molecule has 0 saturated carbocycles. The summed E-state index contributed by atoms with van der Waals surface area (Å²) in [7, 11) is 0. The molecule has 0 bridgehead atoms. The molecule has 1 saturated heterocycles. The minimum Gasteiger partial charge on any atom is -0.463 e. The number of hydrogen-bond donors (Lipinski definition) is 3. The van der Waals surface area contributed by atoms with E-state index in [1.54, 1.807) is 6.26 Å². The van der Waals surface area contributed by atoms with Crippen molar-refractivity contribution < 1.29 is 23.8 Å². The van der Waals surface area contributed by atoms with E-state index in [2.05, 4.69) is 10.6 Å². The van der Waals surface area contributed by atoms with Gasteiger partial charge in [-0.3, -0.25) is 19.7 Å². The second kappa shape index (κ2) is 9.14. The second-order valence-corrected chi connectivity index (χ2v) is 6.73. The van der Waals surface area contributed by atoms with Gasteiger partial charge in [-0.2, -0.15) is 0 Å². The van der Waals surface area contributed by atoms with Crippen LogP contribution in [0.3, 0.4) is 0 Å². The fourth-order valence-corrected chi connectivity index (χ4v) is 3.41. The molecule has 1 aliphatic rings. The Labute approximate surface area is 161 Å². The van der Waals surface area contributed by atoms with E-state index >= 15 is 0 Å². The molecule has 1 aromatic carbocycles. The summed E-state index contributed by atoms with van der Waals surface area (Å²) in [6, 6.07) is 9.15. The molecule has 0 aliphatic carbocycles. The van der Waals surface area contributed by atoms with E-state index in [4.69, 9.17) is 4.42 Å². The Balaban J connectivity index is 1.51. The highest BCUT2D eigenvalue weighted by atomic mass is 16.6. The number of rotatable bonds is 8. The maximum atomic E-state index is 12.2. The predicted octanol–water partition coefficient (Wildman–Crippen LogP) is 0.454. The van der Waals surface area contributed by atoms with Crippen LogP contribution in [0, 0.1) is 10.1 Å². The third-order valence-electron chi connectivity index (χ3n) is 4.86. The Kier molecular flexibility index (Phi) is 6.38. The largest absolute Gasteiger partial charge is 0.463 e. The van der Waals surface area contributed by atoms with E-state index in [0.717, 1.165) is 31.7 Å². The summed E-state index contributed by atoms with van der Waals surface area (Å²) >= 11 is 0. The minimum atomic E-state index is -0.570. The van der Waals surface area contributed by atoms with E-state index in [1.807, 2.05) is 12.1 Å². The second-order valence-electron chi connectivity index (χ2n) is 6.73. The first-order valence-corrected chi connectivity index (χ1v) is 9.22. The zero-order chi connectivity index (χ0) is 19.9. The highest BCUT2D eigenvalue weighted by Crippen LogP contribution is 2.13. The van der Waals surface area contributed by atoms with E-state index < -0.39 is 10.8 Å². The number of quaternary nitrogens is 1. The molecule has 2 heterocycles.